The van der Waals surface area contributed by atoms with Gasteiger partial charge in [0.15, 0.2) is 0 Å². The van der Waals surface area contributed by atoms with Crippen LogP contribution in [-0.2, 0) is 0 Å². The lowest BCUT2D eigenvalue weighted by Gasteiger charge is -2.48. The summed E-state index contributed by atoms with van der Waals surface area (Å²) in [7, 11) is 4.77. The zero-order valence-corrected chi connectivity index (χ0v) is 10.1. The van der Waals surface area contributed by atoms with Crippen molar-refractivity contribution in [3.63, 3.8) is 0 Å². The van der Waals surface area contributed by atoms with Crippen LogP contribution in [0.2, 0.25) is 0 Å². The van der Waals surface area contributed by atoms with Crippen molar-refractivity contribution in [2.45, 2.75) is 37.8 Å². The molecule has 12 heavy (non-hydrogen) atoms. The summed E-state index contributed by atoms with van der Waals surface area (Å²) < 4.78 is 1.25. The van der Waals surface area contributed by atoms with Gasteiger partial charge in [-0.05, 0) is 18.9 Å². The first-order valence-electron chi connectivity index (χ1n) is 4.71. The Morgan fingerprint density at radius 3 is 2.58 bits per heavy atom. The van der Waals surface area contributed by atoms with Crippen LogP contribution >= 0.6 is 0 Å². The number of piperidine rings is 1. The zero-order valence-electron chi connectivity index (χ0n) is 7.96. The molecule has 2 heterocycles. The molecule has 2 heteroatoms. The summed E-state index contributed by atoms with van der Waals surface area (Å²) in [5, 5.41) is 0. The predicted octanol–water partition coefficient (Wildman–Crippen LogP) is -1.05. The van der Waals surface area contributed by atoms with Crippen LogP contribution in [0.5, 0.6) is 0 Å². The van der Waals surface area contributed by atoms with Crippen molar-refractivity contribution in [3.05, 3.63) is 12.2 Å². The largest absolute Gasteiger partial charge is 1.00 e. The molecule has 0 amide bonds. The van der Waals surface area contributed by atoms with E-state index < -0.39 is 0 Å². The molecule has 0 radical (unpaired) electrons. The second-order valence-corrected chi connectivity index (χ2v) is 4.45. The Labute approximate surface area is 92.4 Å². The molecular weight excluding hydrogens is 261 g/mol. The first-order chi connectivity index (χ1) is 5.21. The van der Waals surface area contributed by atoms with Crippen molar-refractivity contribution in [1.29, 1.82) is 0 Å². The standard InChI is InChI=1S/C10H18N.HI/c1-11(2)9-5-3-6-10(11)8-4-7-9;/h3,5,9-10H,4,6-8H2,1-2H3;1H/q+1;/p-1. The first-order valence-corrected chi connectivity index (χ1v) is 4.71. The second-order valence-electron chi connectivity index (χ2n) is 4.45. The van der Waals surface area contributed by atoms with Crippen LogP contribution in [0.1, 0.15) is 25.7 Å². The summed E-state index contributed by atoms with van der Waals surface area (Å²) in [6.07, 6.45) is 10.4. The molecule has 0 N–H and O–H groups in total. The molecule has 0 aromatic heterocycles. The van der Waals surface area contributed by atoms with Crippen molar-refractivity contribution in [2.24, 2.45) is 0 Å². The maximum absolute atomic E-state index is 2.43. The number of halogens is 1. The average molecular weight is 279 g/mol. The summed E-state index contributed by atoms with van der Waals surface area (Å²) in [5.74, 6) is 0. The third-order valence-electron chi connectivity index (χ3n) is 3.60. The molecular formula is C10H18IN. The van der Waals surface area contributed by atoms with Crippen LogP contribution < -0.4 is 24.0 Å². The summed E-state index contributed by atoms with van der Waals surface area (Å²) in [6, 6.07) is 1.74. The molecule has 0 aromatic carbocycles. The molecule has 2 unspecified atom stereocenters. The van der Waals surface area contributed by atoms with E-state index in [2.05, 4.69) is 26.2 Å². The zero-order chi connectivity index (χ0) is 7.90. The molecule has 70 valence electrons. The fraction of sp³-hybridized carbons (Fsp3) is 0.800. The smallest absolute Gasteiger partial charge is 0.107 e. The molecule has 0 spiro atoms. The quantitative estimate of drug-likeness (QED) is 0.301. The molecule has 1 fully saturated rings. The maximum Gasteiger partial charge on any atom is 0.107 e. The summed E-state index contributed by atoms with van der Waals surface area (Å²) in [4.78, 5) is 0. The fourth-order valence-electron chi connectivity index (χ4n) is 2.60. The number of rotatable bonds is 0. The molecule has 2 bridgehead atoms. The van der Waals surface area contributed by atoms with Gasteiger partial charge in [0.25, 0.3) is 0 Å². The molecule has 2 aliphatic rings. The van der Waals surface area contributed by atoms with E-state index in [1.807, 2.05) is 0 Å². The van der Waals surface area contributed by atoms with Gasteiger partial charge in [0.1, 0.15) is 6.04 Å². The minimum atomic E-state index is 0. The molecule has 0 saturated carbocycles. The highest BCUT2D eigenvalue weighted by atomic mass is 127. The fourth-order valence-corrected chi connectivity index (χ4v) is 2.60. The third-order valence-corrected chi connectivity index (χ3v) is 3.60. The second kappa shape index (κ2) is 3.66. The van der Waals surface area contributed by atoms with E-state index in [0.29, 0.717) is 0 Å². The number of quaternary nitrogens is 1. The van der Waals surface area contributed by atoms with Gasteiger partial charge in [-0.3, -0.25) is 0 Å². The van der Waals surface area contributed by atoms with Gasteiger partial charge >= 0.3 is 0 Å². The van der Waals surface area contributed by atoms with Gasteiger partial charge in [-0.2, -0.15) is 0 Å². The van der Waals surface area contributed by atoms with Gasteiger partial charge in [-0.1, -0.05) is 6.08 Å². The molecule has 2 atom stereocenters. The summed E-state index contributed by atoms with van der Waals surface area (Å²) in [5.41, 5.74) is 0. The molecule has 2 aliphatic heterocycles. The Balaban J connectivity index is 0.000000720. The van der Waals surface area contributed by atoms with Crippen LogP contribution in [0, 0.1) is 0 Å². The lowest BCUT2D eigenvalue weighted by molar-refractivity contribution is -0.939. The monoisotopic (exact) mass is 279 g/mol. The summed E-state index contributed by atoms with van der Waals surface area (Å²) in [6.45, 7) is 0. The van der Waals surface area contributed by atoms with Crippen LogP contribution in [0.25, 0.3) is 0 Å². The topological polar surface area (TPSA) is 0 Å². The molecule has 0 aliphatic carbocycles. The molecule has 2 rings (SSSR count). The van der Waals surface area contributed by atoms with E-state index >= 15 is 0 Å². The SMILES string of the molecule is C[N+]1(C)C2C=CCC1CCC2.[I-]. The summed E-state index contributed by atoms with van der Waals surface area (Å²) >= 11 is 0. The van der Waals surface area contributed by atoms with Gasteiger partial charge in [-0.15, -0.1) is 0 Å². The van der Waals surface area contributed by atoms with Gasteiger partial charge in [0.05, 0.1) is 20.1 Å². The number of fused-ring (bicyclic) bond motifs is 2. The highest BCUT2D eigenvalue weighted by Gasteiger charge is 2.39. The minimum absolute atomic E-state index is 0. The van der Waals surface area contributed by atoms with Crippen LogP contribution in [0.4, 0.5) is 0 Å². The number of hydrogen-bond donors (Lipinski definition) is 0. The molecule has 1 nitrogen and oxygen atoms in total. The van der Waals surface area contributed by atoms with E-state index in [0.717, 1.165) is 12.1 Å². The lowest BCUT2D eigenvalue weighted by atomic mass is 9.87. The minimum Gasteiger partial charge on any atom is -1.00 e. The van der Waals surface area contributed by atoms with E-state index in [1.165, 1.54) is 30.2 Å². The van der Waals surface area contributed by atoms with Gasteiger partial charge in [0.2, 0.25) is 0 Å². The van der Waals surface area contributed by atoms with Gasteiger partial charge < -0.3 is 28.5 Å². The third kappa shape index (κ3) is 1.55. The van der Waals surface area contributed by atoms with E-state index in [1.54, 1.807) is 0 Å². The van der Waals surface area contributed by atoms with Crippen LogP contribution in [0.15, 0.2) is 12.2 Å². The maximum atomic E-state index is 2.43. The number of hydrogen-bond acceptors (Lipinski definition) is 0. The van der Waals surface area contributed by atoms with E-state index in [9.17, 15) is 0 Å². The number of nitrogens with zero attached hydrogens (tertiary/aromatic N) is 1. The van der Waals surface area contributed by atoms with Crippen molar-refractivity contribution >= 4 is 0 Å². The van der Waals surface area contributed by atoms with Crippen molar-refractivity contribution in [2.75, 3.05) is 14.1 Å². The number of likely N-dealkylation sites (N-methyl/N-ethyl adjacent to an activating group) is 1. The average Bonchev–Trinajstić information content (AvgIpc) is 1.82. The normalized spacial score (nSPS) is 37.2. The van der Waals surface area contributed by atoms with Crippen molar-refractivity contribution in [1.82, 2.24) is 0 Å². The van der Waals surface area contributed by atoms with Crippen molar-refractivity contribution in [3.8, 4) is 0 Å². The van der Waals surface area contributed by atoms with E-state index in [4.69, 9.17) is 0 Å². The van der Waals surface area contributed by atoms with Crippen LogP contribution in [-0.4, -0.2) is 30.7 Å². The van der Waals surface area contributed by atoms with Crippen LogP contribution in [0.3, 0.4) is 0 Å². The predicted molar refractivity (Wildman–Crippen MR) is 47.3 cm³/mol. The highest BCUT2D eigenvalue weighted by Crippen LogP contribution is 2.33. The molecule has 1 saturated heterocycles. The Morgan fingerprint density at radius 1 is 1.25 bits per heavy atom. The van der Waals surface area contributed by atoms with Gasteiger partial charge in [0, 0.05) is 12.8 Å². The Kier molecular flexibility index (Phi) is 3.21. The first kappa shape index (κ1) is 10.5. The Morgan fingerprint density at radius 2 is 2.00 bits per heavy atom. The van der Waals surface area contributed by atoms with Gasteiger partial charge in [-0.25, -0.2) is 0 Å². The van der Waals surface area contributed by atoms with Crippen molar-refractivity contribution < 1.29 is 28.5 Å². The molecule has 0 aromatic rings. The lowest BCUT2D eigenvalue weighted by Crippen LogP contribution is -3.00. The van der Waals surface area contributed by atoms with E-state index in [-0.39, 0.29) is 24.0 Å². The Hall–Kier alpha value is 0.430. The highest BCUT2D eigenvalue weighted by molar-refractivity contribution is 4.98. The Bertz CT molecular complexity index is 186.